The average Bonchev–Trinajstić information content (AvgIpc) is 3.12. The van der Waals surface area contributed by atoms with Gasteiger partial charge in [0.15, 0.2) is 0 Å². The van der Waals surface area contributed by atoms with E-state index < -0.39 is 0 Å². The van der Waals surface area contributed by atoms with Gasteiger partial charge in [-0.15, -0.1) is 0 Å². The molecule has 3 rings (SSSR count). The van der Waals surface area contributed by atoms with Gasteiger partial charge in [0.1, 0.15) is 0 Å². The zero-order valence-electron chi connectivity index (χ0n) is 13.4. The van der Waals surface area contributed by atoms with E-state index >= 15 is 0 Å². The zero-order chi connectivity index (χ0) is 16.8. The molecule has 2 saturated heterocycles. The second-order valence-corrected chi connectivity index (χ2v) is 7.34. The number of amides is 3. The number of carbonyl (C=O) groups excluding carboxylic acids is 2. The second kappa shape index (κ2) is 8.19. The van der Waals surface area contributed by atoms with Crippen molar-refractivity contribution in [2.75, 3.05) is 5.75 Å². The van der Waals surface area contributed by atoms with E-state index in [-0.39, 0.29) is 24.0 Å². The lowest BCUT2D eigenvalue weighted by atomic mass is 10.0. The van der Waals surface area contributed by atoms with E-state index in [4.69, 9.17) is 0 Å². The third kappa shape index (κ3) is 4.50. The fourth-order valence-electron chi connectivity index (χ4n) is 3.05. The molecule has 128 valence electrons. The van der Waals surface area contributed by atoms with Crippen molar-refractivity contribution in [3.05, 3.63) is 35.9 Å². The van der Waals surface area contributed by atoms with Crippen molar-refractivity contribution < 1.29 is 9.59 Å². The Balaban J connectivity index is 1.30. The number of rotatable bonds is 7. The minimum absolute atomic E-state index is 0.0500. The number of nitrogens with zero attached hydrogens (tertiary/aromatic N) is 1. The van der Waals surface area contributed by atoms with Crippen molar-refractivity contribution in [1.82, 2.24) is 16.1 Å². The van der Waals surface area contributed by atoms with E-state index in [2.05, 4.69) is 21.2 Å². The molecule has 0 spiro atoms. The van der Waals surface area contributed by atoms with Crippen LogP contribution in [-0.4, -0.2) is 41.2 Å². The number of thioether (sulfide) groups is 1. The Morgan fingerprint density at radius 3 is 2.96 bits per heavy atom. The van der Waals surface area contributed by atoms with Gasteiger partial charge in [-0.25, -0.2) is 10.2 Å². The van der Waals surface area contributed by atoms with Crippen molar-refractivity contribution in [3.63, 3.8) is 0 Å². The highest BCUT2D eigenvalue weighted by atomic mass is 32.2. The third-order valence-electron chi connectivity index (χ3n) is 4.28. The van der Waals surface area contributed by atoms with Gasteiger partial charge in [-0.3, -0.25) is 4.79 Å². The summed E-state index contributed by atoms with van der Waals surface area (Å²) in [7, 11) is 0. The van der Waals surface area contributed by atoms with Gasteiger partial charge in [-0.2, -0.15) is 16.9 Å². The summed E-state index contributed by atoms with van der Waals surface area (Å²) in [5.41, 5.74) is 3.52. The maximum Gasteiger partial charge on any atom is 0.315 e. The molecule has 3 amide bonds. The van der Waals surface area contributed by atoms with E-state index in [1.54, 1.807) is 6.21 Å². The zero-order valence-corrected chi connectivity index (χ0v) is 14.2. The molecule has 0 aliphatic carbocycles. The lowest BCUT2D eigenvalue weighted by Crippen LogP contribution is -2.36. The Hall–Kier alpha value is -2.02. The van der Waals surface area contributed by atoms with E-state index in [1.807, 2.05) is 42.1 Å². The fraction of sp³-hybridized carbons (Fsp3) is 0.471. The highest BCUT2D eigenvalue weighted by Crippen LogP contribution is 2.33. The van der Waals surface area contributed by atoms with Crippen LogP contribution in [0.5, 0.6) is 0 Å². The maximum atomic E-state index is 11.8. The van der Waals surface area contributed by atoms with Gasteiger partial charge in [-0.05, 0) is 18.4 Å². The summed E-state index contributed by atoms with van der Waals surface area (Å²) in [6.07, 6.45) is 4.95. The molecule has 2 aliphatic rings. The van der Waals surface area contributed by atoms with E-state index in [1.165, 1.54) is 0 Å². The van der Waals surface area contributed by atoms with Crippen LogP contribution in [0, 0.1) is 0 Å². The number of benzene rings is 1. The molecule has 7 heteroatoms. The molecule has 2 aliphatic heterocycles. The Labute approximate surface area is 145 Å². The molecule has 0 radical (unpaired) electrons. The molecular weight excluding hydrogens is 324 g/mol. The molecule has 3 atom stereocenters. The van der Waals surface area contributed by atoms with Crippen LogP contribution in [0.3, 0.4) is 0 Å². The molecule has 2 heterocycles. The van der Waals surface area contributed by atoms with E-state index in [0.717, 1.165) is 30.6 Å². The van der Waals surface area contributed by atoms with Gasteiger partial charge in [-0.1, -0.05) is 36.8 Å². The van der Waals surface area contributed by atoms with Crippen LogP contribution < -0.4 is 16.1 Å². The topological polar surface area (TPSA) is 82.6 Å². The first kappa shape index (κ1) is 16.8. The van der Waals surface area contributed by atoms with Gasteiger partial charge in [0.25, 0.3) is 0 Å². The number of unbranched alkanes of at least 4 members (excludes halogenated alkanes) is 1. The molecular formula is C17H22N4O2S. The molecule has 0 aromatic heterocycles. The van der Waals surface area contributed by atoms with Gasteiger partial charge in [0.2, 0.25) is 5.91 Å². The normalized spacial score (nSPS) is 25.3. The Kier molecular flexibility index (Phi) is 5.74. The highest BCUT2D eigenvalue weighted by molar-refractivity contribution is 8.00. The van der Waals surface area contributed by atoms with Crippen LogP contribution >= 0.6 is 11.8 Å². The average molecular weight is 346 g/mol. The summed E-state index contributed by atoms with van der Waals surface area (Å²) >= 11 is 1.91. The molecule has 1 aromatic carbocycles. The van der Waals surface area contributed by atoms with Crippen LogP contribution in [0.15, 0.2) is 35.4 Å². The summed E-state index contributed by atoms with van der Waals surface area (Å²) in [5.74, 6) is 0.915. The predicted molar refractivity (Wildman–Crippen MR) is 96.1 cm³/mol. The first-order valence-corrected chi connectivity index (χ1v) is 9.33. The molecule has 24 heavy (non-hydrogen) atoms. The molecule has 6 nitrogen and oxygen atoms in total. The summed E-state index contributed by atoms with van der Waals surface area (Å²) < 4.78 is 0. The minimum Gasteiger partial charge on any atom is -0.332 e. The molecule has 0 saturated carbocycles. The second-order valence-electron chi connectivity index (χ2n) is 6.07. The van der Waals surface area contributed by atoms with Gasteiger partial charge in [0.05, 0.1) is 18.3 Å². The van der Waals surface area contributed by atoms with Gasteiger partial charge >= 0.3 is 6.03 Å². The van der Waals surface area contributed by atoms with Gasteiger partial charge < -0.3 is 10.6 Å². The molecule has 0 bridgehead atoms. The Bertz CT molecular complexity index is 608. The Morgan fingerprint density at radius 2 is 2.12 bits per heavy atom. The number of hydrogen-bond donors (Lipinski definition) is 3. The lowest BCUT2D eigenvalue weighted by molar-refractivity contribution is -0.121. The van der Waals surface area contributed by atoms with Crippen molar-refractivity contribution in [2.24, 2.45) is 5.10 Å². The molecule has 1 aromatic rings. The first-order chi connectivity index (χ1) is 11.7. The number of hydrazone groups is 1. The van der Waals surface area contributed by atoms with Crippen molar-refractivity contribution in [2.45, 2.75) is 43.0 Å². The molecule has 2 fully saturated rings. The minimum atomic E-state index is -0.0602. The van der Waals surface area contributed by atoms with E-state index in [9.17, 15) is 9.59 Å². The third-order valence-corrected chi connectivity index (χ3v) is 5.79. The fourth-order valence-corrected chi connectivity index (χ4v) is 4.59. The van der Waals surface area contributed by atoms with Crippen LogP contribution in [0.4, 0.5) is 4.79 Å². The van der Waals surface area contributed by atoms with Crippen LogP contribution in [0.2, 0.25) is 0 Å². The van der Waals surface area contributed by atoms with Crippen molar-refractivity contribution in [3.8, 4) is 0 Å². The number of fused-ring (bicyclic) bond motifs is 1. The molecule has 3 N–H and O–H groups in total. The van der Waals surface area contributed by atoms with Crippen LogP contribution in [0.1, 0.15) is 31.2 Å². The molecule has 0 unspecified atom stereocenters. The quantitative estimate of drug-likeness (QED) is 0.305. The Morgan fingerprint density at radius 1 is 1.29 bits per heavy atom. The summed E-state index contributed by atoms with van der Waals surface area (Å²) in [5, 5.41) is 10.3. The maximum absolute atomic E-state index is 11.8. The summed E-state index contributed by atoms with van der Waals surface area (Å²) in [6.45, 7) is 0. The van der Waals surface area contributed by atoms with Crippen molar-refractivity contribution in [1.29, 1.82) is 0 Å². The van der Waals surface area contributed by atoms with Crippen LogP contribution in [-0.2, 0) is 4.79 Å². The lowest BCUT2D eigenvalue weighted by Gasteiger charge is -2.16. The summed E-state index contributed by atoms with van der Waals surface area (Å²) in [4.78, 5) is 23.1. The number of carbonyl (C=O) groups is 2. The highest BCUT2D eigenvalue weighted by Gasteiger charge is 2.42. The number of urea groups is 1. The number of hydrogen-bond acceptors (Lipinski definition) is 4. The van der Waals surface area contributed by atoms with E-state index in [0.29, 0.717) is 11.7 Å². The smallest absolute Gasteiger partial charge is 0.315 e. The monoisotopic (exact) mass is 346 g/mol. The largest absolute Gasteiger partial charge is 0.332 e. The van der Waals surface area contributed by atoms with Gasteiger partial charge in [0, 0.05) is 17.4 Å². The van der Waals surface area contributed by atoms with Crippen LogP contribution in [0.25, 0.3) is 0 Å². The summed E-state index contributed by atoms with van der Waals surface area (Å²) in [6, 6.07) is 10.1. The SMILES string of the molecule is O=C(CCCC[C@@H]1SC[C@@H]2NC(=O)N[C@@H]21)N/N=C/c1ccccc1. The number of nitrogens with one attached hydrogen (secondary N) is 3. The predicted octanol–water partition coefficient (Wildman–Crippen LogP) is 1.86. The standard InChI is InChI=1S/C17H22N4O2S/c22-15(21-18-10-12-6-2-1-3-7-12)9-5-4-8-14-16-13(11-24-14)19-17(23)20-16/h1-3,6-7,10,13-14,16H,4-5,8-9,11H2,(H,21,22)(H2,19,20,23)/b18-10+/t13-,14-,16-/m0/s1. The first-order valence-electron chi connectivity index (χ1n) is 8.28. The van der Waals surface area contributed by atoms with Crippen molar-refractivity contribution >= 4 is 29.9 Å².